The van der Waals surface area contributed by atoms with Crippen molar-refractivity contribution >= 4 is 0 Å². The Kier molecular flexibility index (Phi) is 4.55. The first-order valence-corrected chi connectivity index (χ1v) is 7.79. The maximum absolute atomic E-state index is 11.1. The summed E-state index contributed by atoms with van der Waals surface area (Å²) in [7, 11) is 4.23. The number of nitrogens with zero attached hydrogens (tertiary/aromatic N) is 1. The lowest BCUT2D eigenvalue weighted by Gasteiger charge is -2.48. The van der Waals surface area contributed by atoms with Crippen LogP contribution in [0.2, 0.25) is 0 Å². The number of hydrogen-bond acceptors (Lipinski definition) is 2. The van der Waals surface area contributed by atoms with Gasteiger partial charge in [0.25, 0.3) is 0 Å². The molecule has 1 aromatic rings. The molecule has 0 radical (unpaired) electrons. The number of aliphatic hydroxyl groups is 1. The number of rotatable bonds is 3. The van der Waals surface area contributed by atoms with Crippen LogP contribution in [0.5, 0.6) is 0 Å². The van der Waals surface area contributed by atoms with E-state index in [1.165, 1.54) is 24.0 Å². The third kappa shape index (κ3) is 2.77. The van der Waals surface area contributed by atoms with Crippen LogP contribution in [0.15, 0.2) is 18.2 Å². The molecule has 0 aliphatic heterocycles. The van der Waals surface area contributed by atoms with Crippen LogP contribution in [-0.4, -0.2) is 29.6 Å². The molecular formula is C18H29NO. The smallest absolute Gasteiger partial charge is 0.0976 e. The molecule has 1 aliphatic rings. The predicted molar refractivity (Wildman–Crippen MR) is 84.9 cm³/mol. The minimum absolute atomic E-state index is 0.106. The molecule has 0 aromatic heterocycles. The van der Waals surface area contributed by atoms with E-state index in [1.807, 2.05) is 0 Å². The van der Waals surface area contributed by atoms with Gasteiger partial charge in [-0.2, -0.15) is 0 Å². The van der Waals surface area contributed by atoms with E-state index < -0.39 is 6.10 Å². The summed E-state index contributed by atoms with van der Waals surface area (Å²) < 4.78 is 0. The molecule has 1 saturated carbocycles. The van der Waals surface area contributed by atoms with Crippen molar-refractivity contribution in [3.63, 3.8) is 0 Å². The normalized spacial score (nSPS) is 28.6. The highest BCUT2D eigenvalue weighted by Crippen LogP contribution is 2.44. The molecule has 1 unspecified atom stereocenters. The highest BCUT2D eigenvalue weighted by molar-refractivity contribution is 5.34. The lowest BCUT2D eigenvalue weighted by atomic mass is 9.71. The largest absolute Gasteiger partial charge is 0.386 e. The van der Waals surface area contributed by atoms with Crippen LogP contribution in [-0.2, 0) is 0 Å². The number of benzene rings is 1. The topological polar surface area (TPSA) is 23.5 Å². The molecule has 1 atom stereocenters. The van der Waals surface area contributed by atoms with Crippen molar-refractivity contribution in [2.24, 2.45) is 5.92 Å². The Morgan fingerprint density at radius 1 is 1.20 bits per heavy atom. The number of hydrogen-bond donors (Lipinski definition) is 1. The predicted octanol–water partition coefficient (Wildman–Crippen LogP) is 3.85. The summed E-state index contributed by atoms with van der Waals surface area (Å²) in [5, 5.41) is 11.1. The van der Waals surface area contributed by atoms with Crippen molar-refractivity contribution in [3.8, 4) is 0 Å². The van der Waals surface area contributed by atoms with Gasteiger partial charge in [0.15, 0.2) is 0 Å². The molecular weight excluding hydrogens is 246 g/mol. The Balaban J connectivity index is 2.36. The number of aliphatic hydroxyl groups excluding tert-OH is 1. The van der Waals surface area contributed by atoms with Crippen LogP contribution >= 0.6 is 0 Å². The minimum atomic E-state index is -0.398. The molecule has 0 saturated heterocycles. The summed E-state index contributed by atoms with van der Waals surface area (Å²) in [6.07, 6.45) is 4.18. The van der Waals surface area contributed by atoms with Gasteiger partial charge in [0.2, 0.25) is 0 Å². The molecule has 0 amide bonds. The van der Waals surface area contributed by atoms with E-state index in [-0.39, 0.29) is 5.54 Å². The average Bonchev–Trinajstić information content (AvgIpc) is 2.41. The van der Waals surface area contributed by atoms with Gasteiger partial charge in [0.05, 0.1) is 11.6 Å². The van der Waals surface area contributed by atoms with Gasteiger partial charge < -0.3 is 10.0 Å². The first kappa shape index (κ1) is 15.5. The fourth-order valence-corrected chi connectivity index (χ4v) is 3.57. The standard InChI is InChI=1S/C18H29NO/c1-13-8-10-18(11-9-13,19(4)5)17(20)16-12-14(2)6-7-15(16)3/h6-7,12-13,17,20H,8-11H2,1-5H3. The summed E-state index contributed by atoms with van der Waals surface area (Å²) in [6, 6.07) is 6.41. The van der Waals surface area contributed by atoms with Crippen molar-refractivity contribution in [3.05, 3.63) is 34.9 Å². The van der Waals surface area contributed by atoms with Crippen molar-refractivity contribution in [2.75, 3.05) is 14.1 Å². The summed E-state index contributed by atoms with van der Waals surface area (Å²) in [5.74, 6) is 0.786. The van der Waals surface area contributed by atoms with E-state index in [0.717, 1.165) is 24.3 Å². The molecule has 1 aliphatic carbocycles. The zero-order valence-corrected chi connectivity index (χ0v) is 13.6. The summed E-state index contributed by atoms with van der Waals surface area (Å²) >= 11 is 0. The third-order valence-corrected chi connectivity index (χ3v) is 5.27. The first-order chi connectivity index (χ1) is 9.36. The Labute approximate surface area is 123 Å². The van der Waals surface area contributed by atoms with E-state index in [4.69, 9.17) is 0 Å². The van der Waals surface area contributed by atoms with E-state index in [9.17, 15) is 5.11 Å². The maximum Gasteiger partial charge on any atom is 0.0976 e. The number of likely N-dealkylation sites (N-methyl/N-ethyl adjacent to an activating group) is 1. The van der Waals surface area contributed by atoms with Gasteiger partial charge in [-0.3, -0.25) is 0 Å². The third-order valence-electron chi connectivity index (χ3n) is 5.27. The van der Waals surface area contributed by atoms with Crippen LogP contribution < -0.4 is 0 Å². The summed E-state index contributed by atoms with van der Waals surface area (Å²) in [4.78, 5) is 2.26. The summed E-state index contributed by atoms with van der Waals surface area (Å²) in [5.41, 5.74) is 3.42. The van der Waals surface area contributed by atoms with Crippen LogP contribution in [0.25, 0.3) is 0 Å². The summed E-state index contributed by atoms with van der Waals surface area (Å²) in [6.45, 7) is 6.53. The van der Waals surface area contributed by atoms with E-state index in [0.29, 0.717) is 0 Å². The molecule has 2 rings (SSSR count). The average molecular weight is 275 g/mol. The SMILES string of the molecule is Cc1ccc(C)c(C(O)C2(N(C)C)CCC(C)CC2)c1. The monoisotopic (exact) mass is 275 g/mol. The van der Waals surface area contributed by atoms with Crippen molar-refractivity contribution in [1.82, 2.24) is 4.90 Å². The maximum atomic E-state index is 11.1. The minimum Gasteiger partial charge on any atom is -0.386 e. The fraction of sp³-hybridized carbons (Fsp3) is 0.667. The van der Waals surface area contributed by atoms with Gasteiger partial charge in [-0.1, -0.05) is 30.7 Å². The molecule has 0 heterocycles. The van der Waals surface area contributed by atoms with Gasteiger partial charge in [-0.15, -0.1) is 0 Å². The molecule has 112 valence electrons. The van der Waals surface area contributed by atoms with Gasteiger partial charge in [-0.05, 0) is 70.7 Å². The Morgan fingerprint density at radius 3 is 2.35 bits per heavy atom. The van der Waals surface area contributed by atoms with Crippen LogP contribution in [0.1, 0.15) is 55.4 Å². The molecule has 1 aromatic carbocycles. The van der Waals surface area contributed by atoms with Crippen LogP contribution in [0.4, 0.5) is 0 Å². The molecule has 20 heavy (non-hydrogen) atoms. The molecule has 0 bridgehead atoms. The number of aryl methyl sites for hydroxylation is 2. The van der Waals surface area contributed by atoms with Crippen LogP contribution in [0.3, 0.4) is 0 Å². The molecule has 2 nitrogen and oxygen atoms in total. The Morgan fingerprint density at radius 2 is 1.80 bits per heavy atom. The highest BCUT2D eigenvalue weighted by Gasteiger charge is 2.43. The second kappa shape index (κ2) is 5.87. The zero-order valence-electron chi connectivity index (χ0n) is 13.6. The van der Waals surface area contributed by atoms with Gasteiger partial charge in [0.1, 0.15) is 0 Å². The van der Waals surface area contributed by atoms with E-state index in [1.54, 1.807) is 0 Å². The molecule has 0 spiro atoms. The second-order valence-electron chi connectivity index (χ2n) is 6.94. The lowest BCUT2D eigenvalue weighted by Crippen LogP contribution is -2.51. The van der Waals surface area contributed by atoms with Gasteiger partial charge in [-0.25, -0.2) is 0 Å². The van der Waals surface area contributed by atoms with Gasteiger partial charge in [0, 0.05) is 0 Å². The van der Waals surface area contributed by atoms with Crippen molar-refractivity contribution < 1.29 is 5.11 Å². The molecule has 2 heteroatoms. The quantitative estimate of drug-likeness (QED) is 0.906. The van der Waals surface area contributed by atoms with Crippen molar-refractivity contribution in [2.45, 2.75) is 58.1 Å². The second-order valence-corrected chi connectivity index (χ2v) is 6.94. The first-order valence-electron chi connectivity index (χ1n) is 7.79. The van der Waals surface area contributed by atoms with E-state index in [2.05, 4.69) is 58.0 Å². The Bertz CT molecular complexity index is 458. The van der Waals surface area contributed by atoms with E-state index >= 15 is 0 Å². The fourth-order valence-electron chi connectivity index (χ4n) is 3.57. The van der Waals surface area contributed by atoms with Crippen LogP contribution in [0, 0.1) is 19.8 Å². The van der Waals surface area contributed by atoms with Gasteiger partial charge >= 0.3 is 0 Å². The van der Waals surface area contributed by atoms with Crippen molar-refractivity contribution in [1.29, 1.82) is 0 Å². The Hall–Kier alpha value is -0.860. The highest BCUT2D eigenvalue weighted by atomic mass is 16.3. The molecule has 1 fully saturated rings. The zero-order chi connectivity index (χ0) is 14.9. The molecule has 1 N–H and O–H groups in total. The lowest BCUT2D eigenvalue weighted by molar-refractivity contribution is -0.0411.